The molecule has 0 spiro atoms. The predicted molar refractivity (Wildman–Crippen MR) is 646 cm³/mol. The van der Waals surface area contributed by atoms with Gasteiger partial charge in [0.25, 0.3) is 0 Å². The summed E-state index contributed by atoms with van der Waals surface area (Å²) in [6.07, 6.45) is 25.8. The molecule has 18 rings (SSSR count). The molecule has 12 nitrogen and oxygen atoms in total. The van der Waals surface area contributed by atoms with Crippen LogP contribution in [0.2, 0.25) is 0 Å². The molecule has 7 aromatic carbocycles. The molecule has 11 heterocycles. The fourth-order valence-corrected chi connectivity index (χ4v) is 15.3. The van der Waals surface area contributed by atoms with Crippen LogP contribution in [0.1, 0.15) is 369 Å². The second-order valence-corrected chi connectivity index (χ2v) is 41.3. The van der Waals surface area contributed by atoms with Crippen LogP contribution in [0.4, 0.5) is 0 Å². The number of para-hydroxylation sites is 2. The van der Waals surface area contributed by atoms with Crippen LogP contribution in [-0.4, -0.2) is 59.8 Å². The molecule has 0 radical (unpaired) electrons. The van der Waals surface area contributed by atoms with Crippen LogP contribution in [0.3, 0.4) is 0 Å². The minimum atomic E-state index is 0. The summed E-state index contributed by atoms with van der Waals surface area (Å²) in [5.74, 6) is 0. The molecule has 0 aliphatic rings. The molecular weight excluding hydrogens is 1770 g/mol. The summed E-state index contributed by atoms with van der Waals surface area (Å²) in [4.78, 5) is 51.4. The largest absolute Gasteiger partial charge is 0.264 e. The van der Waals surface area contributed by atoms with E-state index in [2.05, 4.69) is 429 Å². The first-order valence-electron chi connectivity index (χ1n) is 52.9. The van der Waals surface area contributed by atoms with Crippen molar-refractivity contribution in [1.82, 2.24) is 59.8 Å². The van der Waals surface area contributed by atoms with E-state index >= 15 is 0 Å². The predicted octanol–water partition coefficient (Wildman–Crippen LogP) is 39.8. The minimum Gasteiger partial charge on any atom is -0.264 e. The van der Waals surface area contributed by atoms with Gasteiger partial charge in [0.15, 0.2) is 5.65 Å². The highest BCUT2D eigenvalue weighted by molar-refractivity contribution is 5.90. The Bertz CT molecular complexity index is 5310. The van der Waals surface area contributed by atoms with E-state index in [4.69, 9.17) is 0 Å². The van der Waals surface area contributed by atoms with Crippen molar-refractivity contribution in [3.8, 4) is 0 Å². The first-order chi connectivity index (χ1) is 68.3. The maximum atomic E-state index is 4.45. The van der Waals surface area contributed by atoms with E-state index in [9.17, 15) is 0 Å². The van der Waals surface area contributed by atoms with Gasteiger partial charge in [0.1, 0.15) is 6.33 Å². The van der Waals surface area contributed by atoms with Crippen LogP contribution in [-0.2, 0) is 48.7 Å². The smallest absolute Gasteiger partial charge is 0.159 e. The van der Waals surface area contributed by atoms with Crippen LogP contribution in [0.15, 0.2) is 311 Å². The Morgan fingerprint density at radius 1 is 0.159 bits per heavy atom. The lowest BCUT2D eigenvalue weighted by Crippen LogP contribution is -2.14. The van der Waals surface area contributed by atoms with Crippen molar-refractivity contribution in [2.45, 2.75) is 368 Å². The highest BCUT2D eigenvalue weighted by Crippen LogP contribution is 2.37. The number of benzene rings is 7. The SMILES string of the molecule is C.CC.CC.CC.CC.CC.CC.CC.CC.CC.CC(C)(C)c1cccc2ccccc12.CC(C)(C)c1cccc2cccnc12.CC(C)(C)c1cccc2ccncc12.CC(C)(C)c1cccc2ncccc12.CC(C)(C)c1ccnc2ccccc12.CC(C)(C)c1ccnc2cccnc12.CC(C)(C)c1ccnc2ncccc12.CC(C)(C)c1cncc2ccccc12.CC(C)(C)c1ncnc2ccncc12. The van der Waals surface area contributed by atoms with Gasteiger partial charge in [0.05, 0.1) is 38.8 Å². The average molecular weight is 1960 g/mol. The van der Waals surface area contributed by atoms with E-state index in [1.807, 2.05) is 235 Å². The molecule has 0 bridgehead atoms. The molecule has 782 valence electrons. The molecule has 0 unspecified atom stereocenters. The van der Waals surface area contributed by atoms with Crippen molar-refractivity contribution in [2.75, 3.05) is 0 Å². The number of nitrogens with zero attached hydrogens (tertiary/aromatic N) is 12. The third-order valence-electron chi connectivity index (χ3n) is 21.7. The Balaban J connectivity index is 0.00000157. The fraction of sp³-hybridized carbons (Fsp3) is 0.414. The molecule has 0 aliphatic carbocycles. The van der Waals surface area contributed by atoms with Crippen molar-refractivity contribution < 1.29 is 0 Å². The molecule has 0 atom stereocenters. The van der Waals surface area contributed by atoms with Crippen LogP contribution in [0, 0.1) is 0 Å². The van der Waals surface area contributed by atoms with Crippen LogP contribution in [0.25, 0.3) is 98.0 Å². The van der Waals surface area contributed by atoms with Gasteiger partial charge >= 0.3 is 0 Å². The first-order valence-corrected chi connectivity index (χ1v) is 52.9. The van der Waals surface area contributed by atoms with Crippen molar-refractivity contribution in [1.29, 1.82) is 0 Å². The van der Waals surface area contributed by atoms with Gasteiger partial charge in [0.2, 0.25) is 0 Å². The molecule has 11 aromatic heterocycles. The molecule has 0 aliphatic heterocycles. The van der Waals surface area contributed by atoms with Crippen molar-refractivity contribution >= 4 is 98.0 Å². The lowest BCUT2D eigenvalue weighted by molar-refractivity contribution is 0.574. The van der Waals surface area contributed by atoms with Gasteiger partial charge in [-0.2, -0.15) is 0 Å². The summed E-state index contributed by atoms with van der Waals surface area (Å²) in [7, 11) is 0. The minimum absolute atomic E-state index is 0. The molecule has 0 amide bonds. The molecule has 0 N–H and O–H groups in total. The third kappa shape index (κ3) is 41.5. The molecule has 145 heavy (non-hydrogen) atoms. The second kappa shape index (κ2) is 65.1. The summed E-state index contributed by atoms with van der Waals surface area (Å²) in [5.41, 5.74) is 20.2. The van der Waals surface area contributed by atoms with Crippen LogP contribution >= 0.6 is 0 Å². The topological polar surface area (TPSA) is 155 Å². The first kappa shape index (κ1) is 132. The van der Waals surface area contributed by atoms with Gasteiger partial charge in [-0.05, 0) is 188 Å². The van der Waals surface area contributed by atoms with E-state index in [0.717, 1.165) is 55.2 Å². The number of aromatic nitrogens is 12. The van der Waals surface area contributed by atoms with Gasteiger partial charge in [-0.15, -0.1) is 0 Å². The molecule has 0 saturated heterocycles. The number of rotatable bonds is 0. The summed E-state index contributed by atoms with van der Waals surface area (Å²) in [6.45, 7) is 95.8. The Labute approximate surface area is 881 Å². The fourth-order valence-electron chi connectivity index (χ4n) is 15.3. The quantitative estimate of drug-likeness (QED) is 0.142. The van der Waals surface area contributed by atoms with Crippen LogP contribution < -0.4 is 0 Å². The zero-order valence-electron chi connectivity index (χ0n) is 97.8. The van der Waals surface area contributed by atoms with Crippen molar-refractivity contribution in [3.05, 3.63) is 362 Å². The van der Waals surface area contributed by atoms with E-state index < -0.39 is 0 Å². The Morgan fingerprint density at radius 3 is 0.966 bits per heavy atom. The lowest BCUT2D eigenvalue weighted by Gasteiger charge is -2.21. The lowest BCUT2D eigenvalue weighted by atomic mass is 9.84. The highest BCUT2D eigenvalue weighted by Gasteiger charge is 2.25. The average Bonchev–Trinajstić information content (AvgIpc) is 0.853. The highest BCUT2D eigenvalue weighted by atomic mass is 14.9. The zero-order valence-corrected chi connectivity index (χ0v) is 97.8. The Kier molecular flexibility index (Phi) is 59.4. The zero-order chi connectivity index (χ0) is 110. The Morgan fingerprint density at radius 2 is 0.455 bits per heavy atom. The molecule has 18 aromatic rings. The van der Waals surface area contributed by atoms with Crippen LogP contribution in [0.5, 0.6) is 0 Å². The summed E-state index contributed by atoms with van der Waals surface area (Å²) in [5, 5.41) is 13.7. The second-order valence-electron chi connectivity index (χ2n) is 41.3. The van der Waals surface area contributed by atoms with Gasteiger partial charge < -0.3 is 0 Å². The van der Waals surface area contributed by atoms with Gasteiger partial charge in [-0.25, -0.2) is 19.9 Å². The van der Waals surface area contributed by atoms with E-state index in [1.165, 1.54) is 93.0 Å². The summed E-state index contributed by atoms with van der Waals surface area (Å²) < 4.78 is 0. The standard InChI is InChI=1S/C14H16.5C13H15N.2C12H14N2.C11H13N3.9C2H6.CH4/c1-14(2,3)13-10-6-8-11-7-4-5-9-12(11)13;1-13(2,3)11-7-4-8-12-10(11)6-5-9-14-12;1-13(2,3)11-8-4-6-10-7-5-9-14-12(10)11;1-13(2,3)12-6-4-5-10-7-8-14-9-11(10)12;1-13(2,3)12-9-14-8-10-6-4-5-7-11(10)12;1-13(2,3)11-8-9-14-12-7-5-4-6-10(11)12;1-12(2,3)9-6-8-13-10-5-4-7-14-11(9)10;1-12(2,3)10-6-8-14-11-9(10)5-4-7-13-11;1-11(2,3)10-8-6-12-5-4-9(8)13-7-14-10;9*1-2;/h4-10H,1-3H3;5*4-9H,1-3H3;2*4-8H,1-3H3;4-7H,1-3H3;9*1-2H3;1H4. The maximum Gasteiger partial charge on any atom is 0.159 e. The van der Waals surface area contributed by atoms with E-state index in [-0.39, 0.29) is 56.2 Å². The number of pyridine rings is 10. The van der Waals surface area contributed by atoms with Gasteiger partial charge in [-0.1, -0.05) is 465 Å². The number of hydrogen-bond donors (Lipinski definition) is 0. The van der Waals surface area contributed by atoms with E-state index in [0.29, 0.717) is 0 Å². The summed E-state index contributed by atoms with van der Waals surface area (Å²) in [6, 6.07) is 77.3. The molecule has 12 heteroatoms. The number of fused-ring (bicyclic) bond motifs is 9. The molecule has 0 saturated carbocycles. The molecule has 0 fully saturated rings. The number of hydrogen-bond acceptors (Lipinski definition) is 12. The van der Waals surface area contributed by atoms with Gasteiger partial charge in [-0.3, -0.25) is 39.9 Å². The van der Waals surface area contributed by atoms with E-state index in [1.54, 1.807) is 18.7 Å². The maximum absolute atomic E-state index is 4.45. The van der Waals surface area contributed by atoms with Crippen molar-refractivity contribution in [2.24, 2.45) is 0 Å². The summed E-state index contributed by atoms with van der Waals surface area (Å²) >= 11 is 0. The Hall–Kier alpha value is -12.5. The van der Waals surface area contributed by atoms with Crippen molar-refractivity contribution in [3.63, 3.8) is 0 Å². The monoisotopic (exact) mass is 1960 g/mol. The normalized spacial score (nSPS) is 10.7. The van der Waals surface area contributed by atoms with Gasteiger partial charge in [0, 0.05) is 124 Å². The third-order valence-corrected chi connectivity index (χ3v) is 21.7. The molecular formula is C133H190N12.